The first-order valence-electron chi connectivity index (χ1n) is 7.03. The third-order valence-electron chi connectivity index (χ3n) is 3.49. The Kier molecular flexibility index (Phi) is 3.97. The fourth-order valence-electron chi connectivity index (χ4n) is 2.41. The van der Waals surface area contributed by atoms with Gasteiger partial charge in [0.05, 0.1) is 17.5 Å². The van der Waals surface area contributed by atoms with E-state index in [9.17, 15) is 23.3 Å². The van der Waals surface area contributed by atoms with E-state index in [0.717, 1.165) is 6.07 Å². The number of hydrogen-bond donors (Lipinski definition) is 1. The van der Waals surface area contributed by atoms with Gasteiger partial charge < -0.3 is 9.73 Å². The number of amides is 1. The molecule has 1 amide bonds. The van der Waals surface area contributed by atoms with E-state index in [1.54, 1.807) is 18.2 Å². The number of hydrogen-bond acceptors (Lipinski definition) is 6. The molecule has 1 N–H and O–H groups in total. The summed E-state index contributed by atoms with van der Waals surface area (Å²) in [5.41, 5.74) is 0.814. The molecule has 2 aromatic rings. The molecule has 1 aromatic carbocycles. The normalized spacial score (nSPS) is 16.1. The van der Waals surface area contributed by atoms with Crippen LogP contribution >= 0.6 is 0 Å². The summed E-state index contributed by atoms with van der Waals surface area (Å²) in [6.45, 7) is 0.393. The van der Waals surface area contributed by atoms with Gasteiger partial charge in [-0.15, -0.1) is 0 Å². The number of rotatable bonds is 4. The Bertz CT molecular complexity index is 905. The van der Waals surface area contributed by atoms with Crippen molar-refractivity contribution in [1.29, 1.82) is 0 Å². The lowest BCUT2D eigenvalue weighted by Crippen LogP contribution is -2.25. The van der Waals surface area contributed by atoms with Crippen LogP contribution in [0.2, 0.25) is 0 Å². The maximum absolute atomic E-state index is 12.1. The molecule has 126 valence electrons. The molecule has 1 aliphatic heterocycles. The molecule has 2 heterocycles. The van der Waals surface area contributed by atoms with E-state index in [0.29, 0.717) is 24.3 Å². The van der Waals surface area contributed by atoms with Gasteiger partial charge in [0, 0.05) is 12.2 Å². The van der Waals surface area contributed by atoms with Gasteiger partial charge in [0.1, 0.15) is 4.92 Å². The predicted octanol–water partition coefficient (Wildman–Crippen LogP) is 1.98. The van der Waals surface area contributed by atoms with E-state index >= 15 is 0 Å². The van der Waals surface area contributed by atoms with Gasteiger partial charge >= 0.3 is 5.88 Å². The quantitative estimate of drug-likeness (QED) is 0.664. The number of furan rings is 1. The molecule has 24 heavy (non-hydrogen) atoms. The highest BCUT2D eigenvalue weighted by Gasteiger charge is 2.28. The van der Waals surface area contributed by atoms with Crippen molar-refractivity contribution in [3.05, 3.63) is 52.3 Å². The van der Waals surface area contributed by atoms with Crippen molar-refractivity contribution in [1.82, 2.24) is 0 Å². The highest BCUT2D eigenvalue weighted by atomic mass is 32.2. The molecule has 1 saturated heterocycles. The molecule has 0 radical (unpaired) electrons. The average Bonchev–Trinajstić information content (AvgIpc) is 3.14. The first-order valence-corrected chi connectivity index (χ1v) is 8.64. The van der Waals surface area contributed by atoms with E-state index in [-0.39, 0.29) is 11.5 Å². The molecule has 0 unspecified atom stereocenters. The summed E-state index contributed by atoms with van der Waals surface area (Å²) in [7, 11) is -3.32. The van der Waals surface area contributed by atoms with Crippen molar-refractivity contribution in [2.45, 2.75) is 6.42 Å². The number of nitro groups is 1. The molecular weight excluding hydrogens is 338 g/mol. The molecule has 0 saturated carbocycles. The molecule has 1 fully saturated rings. The zero-order chi connectivity index (χ0) is 17.3. The number of sulfonamides is 1. The number of anilines is 2. The Morgan fingerprint density at radius 2 is 2.08 bits per heavy atom. The first-order chi connectivity index (χ1) is 11.4. The topological polar surface area (TPSA) is 123 Å². The highest BCUT2D eigenvalue weighted by Crippen LogP contribution is 2.27. The second kappa shape index (κ2) is 5.96. The fourth-order valence-corrected chi connectivity index (χ4v) is 3.97. The largest absolute Gasteiger partial charge is 0.433 e. The maximum atomic E-state index is 12.1. The third kappa shape index (κ3) is 3.08. The Hall–Kier alpha value is -2.88. The second-order valence-corrected chi connectivity index (χ2v) is 7.15. The minimum Gasteiger partial charge on any atom is -0.395 e. The molecule has 10 heteroatoms. The summed E-state index contributed by atoms with van der Waals surface area (Å²) in [4.78, 5) is 21.9. The van der Waals surface area contributed by atoms with Crippen LogP contribution in [-0.4, -0.2) is 31.5 Å². The van der Waals surface area contributed by atoms with E-state index < -0.39 is 26.7 Å². The van der Waals surface area contributed by atoms with Crippen LogP contribution < -0.4 is 9.62 Å². The predicted molar refractivity (Wildman–Crippen MR) is 85.5 cm³/mol. The Balaban J connectivity index is 1.79. The van der Waals surface area contributed by atoms with Crippen molar-refractivity contribution in [2.75, 3.05) is 21.9 Å². The van der Waals surface area contributed by atoms with E-state index in [1.807, 2.05) is 0 Å². The SMILES string of the molecule is O=C(Nc1cccc(N2CCCS2(=O)=O)c1)c1ccc([N+](=O)[O-])o1. The lowest BCUT2D eigenvalue weighted by atomic mass is 10.2. The summed E-state index contributed by atoms with van der Waals surface area (Å²) in [5, 5.41) is 13.1. The van der Waals surface area contributed by atoms with Crippen molar-refractivity contribution in [3.63, 3.8) is 0 Å². The van der Waals surface area contributed by atoms with Gasteiger partial charge in [-0.3, -0.25) is 19.2 Å². The average molecular weight is 351 g/mol. The smallest absolute Gasteiger partial charge is 0.395 e. The lowest BCUT2D eigenvalue weighted by molar-refractivity contribution is -0.402. The molecule has 3 rings (SSSR count). The van der Waals surface area contributed by atoms with Crippen molar-refractivity contribution in [2.24, 2.45) is 0 Å². The molecule has 0 aliphatic carbocycles. The molecule has 9 nitrogen and oxygen atoms in total. The summed E-state index contributed by atoms with van der Waals surface area (Å²) < 4.78 is 30.0. The highest BCUT2D eigenvalue weighted by molar-refractivity contribution is 7.93. The second-order valence-electron chi connectivity index (χ2n) is 5.14. The summed E-state index contributed by atoms with van der Waals surface area (Å²) in [6, 6.07) is 8.64. The van der Waals surface area contributed by atoms with Gasteiger partial charge in [0.25, 0.3) is 5.91 Å². The van der Waals surface area contributed by atoms with Crippen molar-refractivity contribution in [3.8, 4) is 0 Å². The number of carbonyl (C=O) groups excluding carboxylic acids is 1. The number of nitrogens with one attached hydrogen (secondary N) is 1. The Morgan fingerprint density at radius 3 is 2.71 bits per heavy atom. The van der Waals surface area contributed by atoms with Crippen LogP contribution in [-0.2, 0) is 10.0 Å². The monoisotopic (exact) mass is 351 g/mol. The van der Waals surface area contributed by atoms with Crippen LogP contribution in [0.4, 0.5) is 17.3 Å². The first kappa shape index (κ1) is 16.0. The van der Waals surface area contributed by atoms with Crippen molar-refractivity contribution >= 4 is 33.2 Å². The van der Waals surface area contributed by atoms with Crippen LogP contribution in [0.15, 0.2) is 40.8 Å². The van der Waals surface area contributed by atoms with Crippen LogP contribution in [0.5, 0.6) is 0 Å². The maximum Gasteiger partial charge on any atom is 0.433 e. The van der Waals surface area contributed by atoms with E-state index in [4.69, 9.17) is 4.42 Å². The van der Waals surface area contributed by atoms with Crippen LogP contribution in [0.1, 0.15) is 17.0 Å². The van der Waals surface area contributed by atoms with Crippen molar-refractivity contribution < 1.29 is 22.6 Å². The van der Waals surface area contributed by atoms with Crippen LogP contribution in [0, 0.1) is 10.1 Å². The lowest BCUT2D eigenvalue weighted by Gasteiger charge is -2.17. The standard InChI is InChI=1S/C14H13N3O6S/c18-14(12-5-6-13(23-12)17(19)20)15-10-3-1-4-11(9-10)16-7-2-8-24(16,21)22/h1,3-6,9H,2,7-8H2,(H,15,18). The fraction of sp³-hybridized carbons (Fsp3) is 0.214. The minimum atomic E-state index is -3.32. The minimum absolute atomic E-state index is 0.0969. The molecular formula is C14H13N3O6S. The zero-order valence-electron chi connectivity index (χ0n) is 12.3. The van der Waals surface area contributed by atoms with E-state index in [1.165, 1.54) is 16.4 Å². The molecule has 0 bridgehead atoms. The van der Waals surface area contributed by atoms with Gasteiger partial charge in [0.15, 0.2) is 5.76 Å². The third-order valence-corrected chi connectivity index (χ3v) is 5.36. The van der Waals surface area contributed by atoms with Crippen LogP contribution in [0.3, 0.4) is 0 Å². The Morgan fingerprint density at radius 1 is 1.29 bits per heavy atom. The summed E-state index contributed by atoms with van der Waals surface area (Å²) in [6.07, 6.45) is 0.551. The van der Waals surface area contributed by atoms with E-state index in [2.05, 4.69) is 5.32 Å². The van der Waals surface area contributed by atoms with Gasteiger partial charge in [-0.1, -0.05) is 6.07 Å². The zero-order valence-corrected chi connectivity index (χ0v) is 13.2. The van der Waals surface area contributed by atoms with Gasteiger partial charge in [0.2, 0.25) is 10.0 Å². The Labute approximate surface area is 137 Å². The van der Waals surface area contributed by atoms with Crippen LogP contribution in [0.25, 0.3) is 0 Å². The van der Waals surface area contributed by atoms with Gasteiger partial charge in [-0.2, -0.15) is 0 Å². The summed E-state index contributed by atoms with van der Waals surface area (Å²) >= 11 is 0. The molecule has 1 aromatic heterocycles. The van der Waals surface area contributed by atoms with Gasteiger partial charge in [-0.05, 0) is 30.7 Å². The number of carbonyl (C=O) groups is 1. The molecule has 0 atom stereocenters. The number of nitrogens with zero attached hydrogens (tertiary/aromatic N) is 2. The molecule has 1 aliphatic rings. The van der Waals surface area contributed by atoms with Gasteiger partial charge in [-0.25, -0.2) is 8.42 Å². The molecule has 0 spiro atoms. The number of benzene rings is 1. The summed E-state index contributed by atoms with van der Waals surface area (Å²) in [5.74, 6) is -1.30.